The summed E-state index contributed by atoms with van der Waals surface area (Å²) in [6.07, 6.45) is 2.32. The average Bonchev–Trinajstić information content (AvgIpc) is 3.59. The molecule has 0 aliphatic carbocycles. The van der Waals surface area contributed by atoms with Crippen molar-refractivity contribution < 1.29 is 19.1 Å². The fourth-order valence-corrected chi connectivity index (χ4v) is 8.87. The zero-order valence-corrected chi connectivity index (χ0v) is 32.7. The minimum absolute atomic E-state index is 0.0341. The van der Waals surface area contributed by atoms with Gasteiger partial charge in [0.25, 0.3) is 11.8 Å². The van der Waals surface area contributed by atoms with Crippen LogP contribution in [0, 0.1) is 11.3 Å². The molecule has 1 aromatic heterocycles. The van der Waals surface area contributed by atoms with Gasteiger partial charge < -0.3 is 20.7 Å². The number of thioether (sulfide) groups is 1. The number of methoxy groups -OCH3 is 1. The van der Waals surface area contributed by atoms with Crippen LogP contribution >= 0.6 is 23.1 Å². The Labute approximate surface area is 340 Å². The van der Waals surface area contributed by atoms with Gasteiger partial charge in [0.1, 0.15) is 27.8 Å². The number of nitriles is 1. The van der Waals surface area contributed by atoms with Gasteiger partial charge in [0, 0.05) is 40.7 Å². The van der Waals surface area contributed by atoms with Crippen molar-refractivity contribution in [2.24, 2.45) is 0 Å². The third kappa shape index (κ3) is 9.87. The van der Waals surface area contributed by atoms with Crippen molar-refractivity contribution in [3.63, 3.8) is 0 Å². The molecule has 9 nitrogen and oxygen atoms in total. The SMILES string of the molecule is COc1cccc(/C=C(\NC(=O)c2ccccc2)C(=O)Nc2cccc(SC(C(=O)Nc3sc4c(c3C#N)CCN(Cc3ccccc3)C4)c3ccccc3)c2)c1. The van der Waals surface area contributed by atoms with Crippen LogP contribution in [-0.4, -0.2) is 36.3 Å². The number of thiophene rings is 1. The largest absolute Gasteiger partial charge is 0.497 e. The number of amides is 3. The average molecular weight is 790 g/mol. The van der Waals surface area contributed by atoms with Crippen LogP contribution in [0.1, 0.15) is 48.3 Å². The van der Waals surface area contributed by atoms with Gasteiger partial charge >= 0.3 is 0 Å². The summed E-state index contributed by atoms with van der Waals surface area (Å²) in [7, 11) is 1.56. The van der Waals surface area contributed by atoms with E-state index in [1.165, 1.54) is 28.7 Å². The van der Waals surface area contributed by atoms with Crippen LogP contribution in [0.25, 0.3) is 6.08 Å². The highest BCUT2D eigenvalue weighted by Crippen LogP contribution is 2.41. The number of benzene rings is 5. The molecule has 1 unspecified atom stereocenters. The lowest BCUT2D eigenvalue weighted by molar-refractivity contribution is -0.116. The molecule has 1 aliphatic heterocycles. The Morgan fingerprint density at radius 3 is 2.33 bits per heavy atom. The first-order valence-electron chi connectivity index (χ1n) is 18.3. The van der Waals surface area contributed by atoms with Crippen LogP contribution in [0.4, 0.5) is 10.7 Å². The number of fused-ring (bicyclic) bond motifs is 1. The van der Waals surface area contributed by atoms with E-state index < -0.39 is 17.1 Å². The van der Waals surface area contributed by atoms with Crippen LogP contribution in [0.5, 0.6) is 5.75 Å². The lowest BCUT2D eigenvalue weighted by atomic mass is 10.0. The molecule has 0 saturated heterocycles. The summed E-state index contributed by atoms with van der Waals surface area (Å²) in [5.41, 5.74) is 5.13. The van der Waals surface area contributed by atoms with E-state index in [0.717, 1.165) is 40.4 Å². The molecule has 2 heterocycles. The van der Waals surface area contributed by atoms with E-state index in [2.05, 4.69) is 39.1 Å². The Balaban J connectivity index is 1.10. The van der Waals surface area contributed by atoms with E-state index in [1.54, 1.807) is 73.8 Å². The molecule has 284 valence electrons. The van der Waals surface area contributed by atoms with Gasteiger partial charge in [-0.25, -0.2) is 0 Å². The maximum absolute atomic E-state index is 14.2. The number of nitrogens with one attached hydrogen (secondary N) is 3. The molecule has 0 bridgehead atoms. The van der Waals surface area contributed by atoms with Crippen molar-refractivity contribution in [1.29, 1.82) is 5.26 Å². The molecule has 5 aromatic carbocycles. The predicted octanol–water partition coefficient (Wildman–Crippen LogP) is 9.07. The number of anilines is 2. The number of carbonyl (C=O) groups excluding carboxylic acids is 3. The standard InChI is InChI=1S/C46H39N5O4S2/c1-55-36-21-11-15-32(25-36)26-40(49-43(52)34-18-9-4-10-19-34)44(53)48-35-20-12-22-37(27-35)56-42(33-16-7-3-8-17-33)45(54)50-46-39(28-47)38-23-24-51(30-41(38)57-46)29-31-13-5-2-6-14-31/h2-22,25-27,42H,23-24,29-30H2,1H3,(H,48,53)(H,49,52)(H,50,54)/b40-26-. The maximum Gasteiger partial charge on any atom is 0.272 e. The highest BCUT2D eigenvalue weighted by Gasteiger charge is 2.28. The molecule has 0 radical (unpaired) electrons. The second-order valence-corrected chi connectivity index (χ2v) is 15.6. The lowest BCUT2D eigenvalue weighted by Crippen LogP contribution is -2.30. The maximum atomic E-state index is 14.2. The Bertz CT molecular complexity index is 2450. The quantitative estimate of drug-likeness (QED) is 0.0788. The molecule has 3 N–H and O–H groups in total. The molecule has 0 fully saturated rings. The second kappa shape index (κ2) is 18.5. The molecule has 3 amide bonds. The van der Waals surface area contributed by atoms with Gasteiger partial charge in [-0.1, -0.05) is 97.1 Å². The molecule has 7 rings (SSSR count). The van der Waals surface area contributed by atoms with Crippen LogP contribution in [0.3, 0.4) is 0 Å². The van der Waals surface area contributed by atoms with E-state index in [4.69, 9.17) is 4.74 Å². The van der Waals surface area contributed by atoms with Crippen molar-refractivity contribution in [3.05, 3.63) is 183 Å². The molecule has 1 atom stereocenters. The van der Waals surface area contributed by atoms with Gasteiger partial charge in [-0.2, -0.15) is 5.26 Å². The third-order valence-electron chi connectivity index (χ3n) is 9.35. The van der Waals surface area contributed by atoms with Crippen molar-refractivity contribution in [3.8, 4) is 11.8 Å². The summed E-state index contributed by atoms with van der Waals surface area (Å²) in [4.78, 5) is 45.4. The van der Waals surface area contributed by atoms with Crippen LogP contribution < -0.4 is 20.7 Å². The van der Waals surface area contributed by atoms with Gasteiger partial charge in [0.15, 0.2) is 0 Å². The summed E-state index contributed by atoms with van der Waals surface area (Å²) >= 11 is 2.81. The first-order chi connectivity index (χ1) is 27.9. The zero-order valence-electron chi connectivity index (χ0n) is 31.1. The van der Waals surface area contributed by atoms with E-state index >= 15 is 0 Å². The minimum Gasteiger partial charge on any atom is -0.497 e. The van der Waals surface area contributed by atoms with Gasteiger partial charge in [-0.05, 0) is 77.2 Å². The molecule has 57 heavy (non-hydrogen) atoms. The molecule has 0 spiro atoms. The molecular formula is C46H39N5O4S2. The summed E-state index contributed by atoms with van der Waals surface area (Å²) in [5.74, 6) is -0.622. The fourth-order valence-electron chi connectivity index (χ4n) is 6.54. The molecule has 0 saturated carbocycles. The summed E-state index contributed by atoms with van der Waals surface area (Å²) in [6.45, 7) is 2.35. The molecule has 6 aromatic rings. The number of hydrogen-bond donors (Lipinski definition) is 3. The van der Waals surface area contributed by atoms with Crippen molar-refractivity contribution >= 4 is 57.6 Å². The lowest BCUT2D eigenvalue weighted by Gasteiger charge is -2.26. The van der Waals surface area contributed by atoms with Gasteiger partial charge in [-0.15, -0.1) is 23.1 Å². The van der Waals surface area contributed by atoms with E-state index in [9.17, 15) is 19.6 Å². The number of nitrogens with zero attached hydrogens (tertiary/aromatic N) is 2. The molecular weight excluding hydrogens is 751 g/mol. The normalized spacial score (nSPS) is 13.1. The number of ether oxygens (including phenoxy) is 1. The smallest absolute Gasteiger partial charge is 0.272 e. The fraction of sp³-hybridized carbons (Fsp3) is 0.130. The minimum atomic E-state index is -0.675. The Morgan fingerprint density at radius 2 is 1.60 bits per heavy atom. The van der Waals surface area contributed by atoms with Crippen LogP contribution in [0.2, 0.25) is 0 Å². The van der Waals surface area contributed by atoms with E-state index in [1.807, 2.05) is 66.7 Å². The van der Waals surface area contributed by atoms with Crippen molar-refractivity contribution in [2.75, 3.05) is 24.3 Å². The summed E-state index contributed by atoms with van der Waals surface area (Å²) in [6, 6.07) is 45.2. The van der Waals surface area contributed by atoms with E-state index in [-0.39, 0.29) is 11.6 Å². The second-order valence-electron chi connectivity index (χ2n) is 13.3. The summed E-state index contributed by atoms with van der Waals surface area (Å²) < 4.78 is 5.36. The summed E-state index contributed by atoms with van der Waals surface area (Å²) in [5, 5.41) is 18.9. The monoisotopic (exact) mass is 789 g/mol. The van der Waals surface area contributed by atoms with Crippen LogP contribution in [-0.2, 0) is 29.1 Å². The first-order valence-corrected chi connectivity index (χ1v) is 20.0. The highest BCUT2D eigenvalue weighted by molar-refractivity contribution is 8.00. The third-order valence-corrected chi connectivity index (χ3v) is 11.7. The number of rotatable bonds is 13. The number of carbonyl (C=O) groups is 3. The van der Waals surface area contributed by atoms with E-state index in [0.29, 0.717) is 39.7 Å². The first kappa shape index (κ1) is 38.8. The zero-order chi connectivity index (χ0) is 39.6. The number of hydrogen-bond acceptors (Lipinski definition) is 8. The Hall–Kier alpha value is -6.45. The highest BCUT2D eigenvalue weighted by atomic mass is 32.2. The molecule has 11 heteroatoms. The van der Waals surface area contributed by atoms with Gasteiger partial charge in [0.05, 0.1) is 12.7 Å². The predicted molar refractivity (Wildman–Crippen MR) is 227 cm³/mol. The van der Waals surface area contributed by atoms with Crippen molar-refractivity contribution in [2.45, 2.75) is 29.7 Å². The van der Waals surface area contributed by atoms with Gasteiger partial charge in [-0.3, -0.25) is 19.3 Å². The topological polar surface area (TPSA) is 124 Å². The Morgan fingerprint density at radius 1 is 0.877 bits per heavy atom. The van der Waals surface area contributed by atoms with Gasteiger partial charge in [0.2, 0.25) is 5.91 Å². The Kier molecular flexibility index (Phi) is 12.6. The van der Waals surface area contributed by atoms with Crippen molar-refractivity contribution in [1.82, 2.24) is 10.2 Å². The van der Waals surface area contributed by atoms with Crippen LogP contribution in [0.15, 0.2) is 150 Å². The molecule has 1 aliphatic rings.